The zero-order valence-corrected chi connectivity index (χ0v) is 15.1. The molecule has 0 bridgehead atoms. The third-order valence-corrected chi connectivity index (χ3v) is 6.03. The first-order valence-corrected chi connectivity index (χ1v) is 10.2. The highest BCUT2D eigenvalue weighted by Gasteiger charge is 2.44. The van der Waals surface area contributed by atoms with Crippen molar-refractivity contribution in [3.05, 3.63) is 0 Å². The second kappa shape index (κ2) is 9.73. The van der Waals surface area contributed by atoms with Crippen LogP contribution in [-0.2, 0) is 4.79 Å². The summed E-state index contributed by atoms with van der Waals surface area (Å²) in [6.07, 6.45) is 19.3. The van der Waals surface area contributed by atoms with Crippen molar-refractivity contribution >= 4 is 5.78 Å². The Morgan fingerprint density at radius 2 is 1.32 bits per heavy atom. The molecule has 1 nitrogen and oxygen atoms in total. The molecular formula is C21H38O. The minimum Gasteiger partial charge on any atom is -0.300 e. The average molecular weight is 307 g/mol. The molecule has 2 saturated carbocycles. The molecule has 128 valence electrons. The fraction of sp³-hybridized carbons (Fsp3) is 0.952. The van der Waals surface area contributed by atoms with Gasteiger partial charge < -0.3 is 4.79 Å². The molecule has 2 aliphatic carbocycles. The molecule has 0 amide bonds. The number of ketones is 1. The van der Waals surface area contributed by atoms with Gasteiger partial charge in [-0.3, -0.25) is 0 Å². The fourth-order valence-electron chi connectivity index (χ4n) is 4.26. The second-order valence-corrected chi connectivity index (χ2v) is 8.25. The Hall–Kier alpha value is -0.330. The van der Waals surface area contributed by atoms with Crippen molar-refractivity contribution in [3.8, 4) is 0 Å². The smallest absolute Gasteiger partial charge is 0.129 e. The van der Waals surface area contributed by atoms with E-state index in [1.807, 2.05) is 0 Å². The van der Waals surface area contributed by atoms with Crippen molar-refractivity contribution in [1.29, 1.82) is 0 Å². The van der Waals surface area contributed by atoms with E-state index >= 15 is 0 Å². The van der Waals surface area contributed by atoms with E-state index in [1.165, 1.54) is 57.8 Å². The van der Waals surface area contributed by atoms with Crippen LogP contribution in [0.3, 0.4) is 0 Å². The van der Waals surface area contributed by atoms with Crippen LogP contribution in [0.25, 0.3) is 0 Å². The molecule has 0 aromatic heterocycles. The summed E-state index contributed by atoms with van der Waals surface area (Å²) in [4.78, 5) is 10.9. The molecule has 2 aliphatic rings. The molecule has 0 aromatic rings. The molecule has 0 aliphatic heterocycles. The maximum atomic E-state index is 10.9. The highest BCUT2D eigenvalue weighted by Crippen LogP contribution is 2.54. The fourth-order valence-corrected chi connectivity index (χ4v) is 4.26. The molecule has 2 rings (SSSR count). The Morgan fingerprint density at radius 1 is 0.773 bits per heavy atom. The molecule has 0 aromatic carbocycles. The summed E-state index contributed by atoms with van der Waals surface area (Å²) in [6, 6.07) is 0. The molecule has 2 fully saturated rings. The lowest BCUT2D eigenvalue weighted by Gasteiger charge is -2.02. The van der Waals surface area contributed by atoms with Crippen molar-refractivity contribution in [2.45, 2.75) is 104 Å². The number of hydrogen-bond acceptors (Lipinski definition) is 1. The van der Waals surface area contributed by atoms with E-state index in [2.05, 4.69) is 6.92 Å². The summed E-state index contributed by atoms with van der Waals surface area (Å²) < 4.78 is 0. The zero-order chi connectivity index (χ0) is 15.8. The van der Waals surface area contributed by atoms with Gasteiger partial charge in [0.15, 0.2) is 0 Å². The van der Waals surface area contributed by atoms with Gasteiger partial charge in [0.05, 0.1) is 0 Å². The van der Waals surface area contributed by atoms with Gasteiger partial charge in [0.25, 0.3) is 0 Å². The predicted molar refractivity (Wildman–Crippen MR) is 95.0 cm³/mol. The molecule has 1 heteroatoms. The molecular weight excluding hydrogens is 268 g/mol. The zero-order valence-electron chi connectivity index (χ0n) is 15.1. The number of rotatable bonds is 14. The van der Waals surface area contributed by atoms with Crippen LogP contribution < -0.4 is 0 Å². The van der Waals surface area contributed by atoms with Crippen LogP contribution in [0.15, 0.2) is 0 Å². The Morgan fingerprint density at radius 3 is 1.91 bits per heavy atom. The summed E-state index contributed by atoms with van der Waals surface area (Å²) >= 11 is 0. The van der Waals surface area contributed by atoms with Gasteiger partial charge in [-0.25, -0.2) is 0 Å². The van der Waals surface area contributed by atoms with Gasteiger partial charge in [-0.05, 0) is 56.3 Å². The van der Waals surface area contributed by atoms with E-state index in [9.17, 15) is 4.79 Å². The van der Waals surface area contributed by atoms with Crippen LogP contribution in [0.4, 0.5) is 0 Å². The van der Waals surface area contributed by atoms with Crippen LogP contribution in [-0.4, -0.2) is 5.78 Å². The van der Waals surface area contributed by atoms with Gasteiger partial charge in [0.2, 0.25) is 0 Å². The van der Waals surface area contributed by atoms with Crippen molar-refractivity contribution in [3.63, 3.8) is 0 Å². The lowest BCUT2D eigenvalue weighted by Crippen LogP contribution is -1.91. The number of carbonyl (C=O) groups excluding carboxylic acids is 1. The molecule has 22 heavy (non-hydrogen) atoms. The van der Waals surface area contributed by atoms with E-state index in [0.29, 0.717) is 5.78 Å². The highest BCUT2D eigenvalue weighted by molar-refractivity contribution is 5.75. The first-order chi connectivity index (χ1) is 10.7. The third-order valence-electron chi connectivity index (χ3n) is 6.03. The summed E-state index contributed by atoms with van der Waals surface area (Å²) in [5, 5.41) is 0. The Balaban J connectivity index is 1.36. The highest BCUT2D eigenvalue weighted by atomic mass is 16.1. The maximum Gasteiger partial charge on any atom is 0.129 e. The number of carbonyl (C=O) groups is 1. The summed E-state index contributed by atoms with van der Waals surface area (Å²) in [7, 11) is 0. The number of unbranched alkanes of at least 4 members (excludes halogenated alkanes) is 6. The quantitative estimate of drug-likeness (QED) is 0.333. The molecule has 0 N–H and O–H groups in total. The van der Waals surface area contributed by atoms with Gasteiger partial charge in [-0.15, -0.1) is 0 Å². The lowest BCUT2D eigenvalue weighted by molar-refractivity contribution is -0.117. The van der Waals surface area contributed by atoms with Crippen molar-refractivity contribution in [2.75, 3.05) is 0 Å². The standard InChI is InChI=1S/C21H38O/c1-3-4-8-12-18-14-20(18)16-21-15-19(21)13-10-7-5-6-9-11-17(2)22/h18-21H,3-16H2,1-2H3/t18?,19-,20-,21?/m1/s1. The monoisotopic (exact) mass is 306 g/mol. The van der Waals surface area contributed by atoms with Gasteiger partial charge in [0, 0.05) is 6.42 Å². The van der Waals surface area contributed by atoms with Crippen molar-refractivity contribution < 1.29 is 4.79 Å². The number of hydrogen-bond donors (Lipinski definition) is 0. The molecule has 4 atom stereocenters. The molecule has 0 spiro atoms. The van der Waals surface area contributed by atoms with E-state index in [4.69, 9.17) is 0 Å². The Bertz CT molecular complexity index is 322. The second-order valence-electron chi connectivity index (χ2n) is 8.25. The summed E-state index contributed by atoms with van der Waals surface area (Å²) in [6.45, 7) is 4.02. The summed E-state index contributed by atoms with van der Waals surface area (Å²) in [5.74, 6) is 4.80. The Kier molecular flexibility index (Phi) is 7.97. The normalized spacial score (nSPS) is 29.5. The van der Waals surface area contributed by atoms with Crippen LogP contribution >= 0.6 is 0 Å². The van der Waals surface area contributed by atoms with E-state index in [0.717, 1.165) is 36.5 Å². The first-order valence-electron chi connectivity index (χ1n) is 10.2. The number of Topliss-reactive ketones (excluding diaryl/α,β-unsaturated/α-hetero) is 1. The molecule has 0 heterocycles. The van der Waals surface area contributed by atoms with Crippen molar-refractivity contribution in [1.82, 2.24) is 0 Å². The molecule has 2 unspecified atom stereocenters. The van der Waals surface area contributed by atoms with Crippen LogP contribution in [0.1, 0.15) is 104 Å². The van der Waals surface area contributed by atoms with Gasteiger partial charge in [-0.1, -0.05) is 64.7 Å². The van der Waals surface area contributed by atoms with Crippen LogP contribution in [0.2, 0.25) is 0 Å². The molecule has 0 saturated heterocycles. The lowest BCUT2D eigenvalue weighted by atomic mass is 10.0. The third kappa shape index (κ3) is 7.29. The van der Waals surface area contributed by atoms with Crippen LogP contribution in [0.5, 0.6) is 0 Å². The van der Waals surface area contributed by atoms with E-state index in [-0.39, 0.29) is 0 Å². The average Bonchev–Trinajstić information content (AvgIpc) is 3.38. The summed E-state index contributed by atoms with van der Waals surface area (Å²) in [5.41, 5.74) is 0. The van der Waals surface area contributed by atoms with E-state index in [1.54, 1.807) is 26.2 Å². The maximum absolute atomic E-state index is 10.9. The minimum atomic E-state index is 0.355. The van der Waals surface area contributed by atoms with Gasteiger partial charge in [0.1, 0.15) is 5.78 Å². The first kappa shape index (κ1) is 18.0. The molecule has 0 radical (unpaired) electrons. The van der Waals surface area contributed by atoms with Crippen molar-refractivity contribution in [2.24, 2.45) is 23.7 Å². The van der Waals surface area contributed by atoms with Crippen LogP contribution in [0, 0.1) is 23.7 Å². The van der Waals surface area contributed by atoms with Gasteiger partial charge >= 0.3 is 0 Å². The Labute approximate surface area is 138 Å². The van der Waals surface area contributed by atoms with Gasteiger partial charge in [-0.2, -0.15) is 0 Å². The topological polar surface area (TPSA) is 17.1 Å². The predicted octanol–water partition coefficient (Wildman–Crippen LogP) is 6.55. The largest absolute Gasteiger partial charge is 0.300 e. The SMILES string of the molecule is CCCCCC1C[C@@H]1CC1C[C@H]1CCCCCCCC(C)=O. The minimum absolute atomic E-state index is 0.355. The van der Waals surface area contributed by atoms with E-state index < -0.39 is 0 Å².